The minimum absolute atomic E-state index is 0.538. The number of nitrogens with one attached hydrogen (secondary N) is 2. The van der Waals surface area contributed by atoms with Crippen molar-refractivity contribution in [3.05, 3.63) is 0 Å². The average molecular weight is 218 g/mol. The summed E-state index contributed by atoms with van der Waals surface area (Å²) in [5.41, 5.74) is 0.538. The summed E-state index contributed by atoms with van der Waals surface area (Å²) in [5, 5.41) is 3.41. The van der Waals surface area contributed by atoms with Crippen LogP contribution in [0.15, 0.2) is 0 Å². The van der Waals surface area contributed by atoms with Crippen molar-refractivity contribution in [1.82, 2.24) is 10.0 Å². The molecule has 84 valence electrons. The molecule has 0 atom stereocenters. The maximum atomic E-state index is 12.1. The number of thiol groups is 1. The van der Waals surface area contributed by atoms with Gasteiger partial charge >= 0.3 is 0 Å². The van der Waals surface area contributed by atoms with Crippen LogP contribution in [0, 0.1) is 5.41 Å². The van der Waals surface area contributed by atoms with Gasteiger partial charge in [0, 0.05) is 11.5 Å². The molecule has 0 aromatic heterocycles. The van der Waals surface area contributed by atoms with E-state index >= 15 is 0 Å². The van der Waals surface area contributed by atoms with Gasteiger partial charge in [-0.2, -0.15) is 0 Å². The molecule has 0 saturated carbocycles. The highest BCUT2D eigenvalue weighted by molar-refractivity contribution is 8.01. The second-order valence-corrected chi connectivity index (χ2v) is 7.93. The zero-order valence-corrected chi connectivity index (χ0v) is 9.91. The molecule has 4 heteroatoms. The van der Waals surface area contributed by atoms with Crippen LogP contribution in [0.25, 0.3) is 0 Å². The summed E-state index contributed by atoms with van der Waals surface area (Å²) in [6.07, 6.45) is 4.92. The summed E-state index contributed by atoms with van der Waals surface area (Å²) in [6.45, 7) is 2.31. The van der Waals surface area contributed by atoms with Crippen molar-refractivity contribution in [2.75, 3.05) is 31.6 Å². The Morgan fingerprint density at radius 3 is 2.21 bits per heavy atom. The van der Waals surface area contributed by atoms with Crippen molar-refractivity contribution >= 4 is 10.1 Å². The first-order chi connectivity index (χ1) is 6.68. The standard InChI is InChI=1S/C10H22N2OS/c1-11-14(13)8-4-10(5-9-14)2-6-12-7-3-10/h12,14H,2-9H2,1H3,(H,11,13). The Hall–Kier alpha value is 0.0700. The summed E-state index contributed by atoms with van der Waals surface area (Å²) in [4.78, 5) is 0. The van der Waals surface area contributed by atoms with Gasteiger partial charge in [-0.25, -0.2) is 0 Å². The fourth-order valence-corrected chi connectivity index (χ4v) is 5.09. The molecular formula is C10H22N2OS. The van der Waals surface area contributed by atoms with Crippen LogP contribution in [-0.2, 0) is 10.1 Å². The number of rotatable bonds is 1. The third-order valence-electron chi connectivity index (χ3n) is 4.08. The molecule has 2 heterocycles. The molecule has 0 amide bonds. The Kier molecular flexibility index (Phi) is 2.96. The molecule has 14 heavy (non-hydrogen) atoms. The molecule has 2 rings (SSSR count). The van der Waals surface area contributed by atoms with Gasteiger partial charge in [-0.15, -0.1) is 0 Å². The first-order valence-corrected chi connectivity index (χ1v) is 7.74. The molecule has 0 aromatic carbocycles. The molecule has 2 N–H and O–H groups in total. The molecular weight excluding hydrogens is 196 g/mol. The third-order valence-corrected chi connectivity index (χ3v) is 6.79. The van der Waals surface area contributed by atoms with Gasteiger partial charge in [0.25, 0.3) is 0 Å². The van der Waals surface area contributed by atoms with Gasteiger partial charge in [0.15, 0.2) is 0 Å². The maximum Gasteiger partial charge on any atom is 0.0133 e. The SMILES string of the molecule is CN[SH]1(=O)CCC2(CCNCC2)CC1. The summed E-state index contributed by atoms with van der Waals surface area (Å²) >= 11 is 0. The highest BCUT2D eigenvalue weighted by Gasteiger charge is 2.37. The molecule has 0 bridgehead atoms. The van der Waals surface area contributed by atoms with Gasteiger partial charge in [0.05, 0.1) is 0 Å². The van der Waals surface area contributed by atoms with Crippen molar-refractivity contribution < 1.29 is 4.21 Å². The smallest absolute Gasteiger partial charge is 0.0133 e. The first kappa shape index (κ1) is 10.6. The fourth-order valence-electron chi connectivity index (χ4n) is 2.75. The minimum Gasteiger partial charge on any atom is -0.317 e. The molecule has 0 unspecified atom stereocenters. The van der Waals surface area contributed by atoms with Crippen LogP contribution >= 0.6 is 0 Å². The zero-order valence-electron chi connectivity index (χ0n) is 9.01. The predicted octanol–water partition coefficient (Wildman–Crippen LogP) is 0.301. The Morgan fingerprint density at radius 1 is 1.14 bits per heavy atom. The van der Waals surface area contributed by atoms with E-state index in [9.17, 15) is 4.21 Å². The van der Waals surface area contributed by atoms with Crippen molar-refractivity contribution in [3.63, 3.8) is 0 Å². The summed E-state index contributed by atoms with van der Waals surface area (Å²) < 4.78 is 15.1. The van der Waals surface area contributed by atoms with Crippen LogP contribution in [0.2, 0.25) is 0 Å². The summed E-state index contributed by atoms with van der Waals surface area (Å²) in [7, 11) is -0.109. The van der Waals surface area contributed by atoms with Crippen LogP contribution in [0.5, 0.6) is 0 Å². The molecule has 2 fully saturated rings. The van der Waals surface area contributed by atoms with E-state index in [0.29, 0.717) is 5.41 Å². The highest BCUT2D eigenvalue weighted by Crippen LogP contribution is 2.41. The quantitative estimate of drug-likeness (QED) is 0.554. The van der Waals surface area contributed by atoms with Gasteiger partial charge in [-0.05, 0) is 51.2 Å². The second kappa shape index (κ2) is 3.91. The average Bonchev–Trinajstić information content (AvgIpc) is 2.25. The van der Waals surface area contributed by atoms with Gasteiger partial charge in [0.2, 0.25) is 0 Å². The van der Waals surface area contributed by atoms with Crippen LogP contribution in [0.4, 0.5) is 0 Å². The zero-order chi connectivity index (χ0) is 10.1. The Balaban J connectivity index is 1.97. The van der Waals surface area contributed by atoms with E-state index < -0.39 is 10.1 Å². The lowest BCUT2D eigenvalue weighted by atomic mass is 9.74. The Bertz CT molecular complexity index is 235. The first-order valence-electron chi connectivity index (χ1n) is 5.66. The number of hydrogen-bond acceptors (Lipinski definition) is 2. The van der Waals surface area contributed by atoms with E-state index in [2.05, 4.69) is 10.0 Å². The van der Waals surface area contributed by atoms with E-state index in [1.165, 1.54) is 25.7 Å². The van der Waals surface area contributed by atoms with Gasteiger partial charge in [-0.1, -0.05) is 10.1 Å². The second-order valence-electron chi connectivity index (χ2n) is 4.81. The highest BCUT2D eigenvalue weighted by atomic mass is 32.3. The normalized spacial score (nSPS) is 32.6. The van der Waals surface area contributed by atoms with Crippen LogP contribution in [-0.4, -0.2) is 35.9 Å². The van der Waals surface area contributed by atoms with Crippen LogP contribution in [0.3, 0.4) is 0 Å². The van der Waals surface area contributed by atoms with E-state index in [0.717, 1.165) is 24.6 Å². The number of piperidine rings is 1. The molecule has 0 radical (unpaired) electrons. The van der Waals surface area contributed by atoms with E-state index in [1.807, 2.05) is 7.05 Å². The lowest BCUT2D eigenvalue weighted by molar-refractivity contribution is 0.181. The van der Waals surface area contributed by atoms with Crippen LogP contribution < -0.4 is 10.0 Å². The lowest BCUT2D eigenvalue weighted by Crippen LogP contribution is -2.47. The predicted molar refractivity (Wildman–Crippen MR) is 62.1 cm³/mol. The molecule has 0 aromatic rings. The Labute approximate surface area is 87.6 Å². The third kappa shape index (κ3) is 2.02. The van der Waals surface area contributed by atoms with E-state index in [1.54, 1.807) is 0 Å². The molecule has 3 nitrogen and oxygen atoms in total. The number of hydrogen-bond donors (Lipinski definition) is 3. The van der Waals surface area contributed by atoms with Crippen molar-refractivity contribution in [3.8, 4) is 0 Å². The monoisotopic (exact) mass is 218 g/mol. The minimum atomic E-state index is -1.96. The topological polar surface area (TPSA) is 41.1 Å². The van der Waals surface area contributed by atoms with Crippen molar-refractivity contribution in [1.29, 1.82) is 0 Å². The molecule has 2 aliphatic rings. The summed E-state index contributed by atoms with van der Waals surface area (Å²) in [5.74, 6) is 1.84. The molecule has 2 saturated heterocycles. The van der Waals surface area contributed by atoms with E-state index in [4.69, 9.17) is 0 Å². The van der Waals surface area contributed by atoms with Gasteiger partial charge in [0.1, 0.15) is 0 Å². The van der Waals surface area contributed by atoms with Crippen molar-refractivity contribution in [2.24, 2.45) is 5.41 Å². The summed E-state index contributed by atoms with van der Waals surface area (Å²) in [6, 6.07) is 0. The molecule has 1 spiro atoms. The van der Waals surface area contributed by atoms with Crippen LogP contribution in [0.1, 0.15) is 25.7 Å². The lowest BCUT2D eigenvalue weighted by Gasteiger charge is -2.44. The van der Waals surface area contributed by atoms with Gasteiger partial charge < -0.3 is 5.32 Å². The molecule has 2 aliphatic heterocycles. The van der Waals surface area contributed by atoms with Crippen molar-refractivity contribution in [2.45, 2.75) is 25.7 Å². The fraction of sp³-hybridized carbons (Fsp3) is 1.00. The maximum absolute atomic E-state index is 12.1. The van der Waals surface area contributed by atoms with Gasteiger partial charge in [-0.3, -0.25) is 8.93 Å². The molecule has 0 aliphatic carbocycles. The Morgan fingerprint density at radius 2 is 1.71 bits per heavy atom. The van der Waals surface area contributed by atoms with E-state index in [-0.39, 0.29) is 0 Å². The largest absolute Gasteiger partial charge is 0.317 e.